The van der Waals surface area contributed by atoms with Crippen LogP contribution in [0.4, 0.5) is 0 Å². The molecule has 0 aromatic carbocycles. The topological polar surface area (TPSA) is 35.5 Å². The Bertz CT molecular complexity index is 248. The summed E-state index contributed by atoms with van der Waals surface area (Å²) in [5.74, 6) is -0.0619. The van der Waals surface area contributed by atoms with E-state index in [0.29, 0.717) is 5.78 Å². The summed E-state index contributed by atoms with van der Waals surface area (Å²) in [6, 6.07) is 0. The van der Waals surface area contributed by atoms with Crippen molar-refractivity contribution in [3.8, 4) is 0 Å². The first-order valence-corrected chi connectivity index (χ1v) is 7.31. The first-order chi connectivity index (χ1) is 8.49. The summed E-state index contributed by atoms with van der Waals surface area (Å²) in [5.41, 5.74) is 0. The maximum atomic E-state index is 10.8. The van der Waals surface area contributed by atoms with E-state index in [9.17, 15) is 4.79 Å². The molecule has 1 aliphatic heterocycles. The maximum Gasteiger partial charge on any atom is 0.163 e. The monoisotopic (exact) mass is 256 g/mol. The molecule has 106 valence electrons. The SMILES string of the molecule is CC(=O)CCCCCCCCC1COC(C)(C)O1. The van der Waals surface area contributed by atoms with Gasteiger partial charge in [-0.1, -0.05) is 32.1 Å². The normalized spacial score (nSPS) is 22.3. The van der Waals surface area contributed by atoms with E-state index in [-0.39, 0.29) is 11.9 Å². The van der Waals surface area contributed by atoms with Gasteiger partial charge in [0.15, 0.2) is 5.79 Å². The minimum absolute atomic E-state index is 0.290. The van der Waals surface area contributed by atoms with Crippen molar-refractivity contribution in [1.82, 2.24) is 0 Å². The summed E-state index contributed by atoms with van der Waals surface area (Å²) in [4.78, 5) is 10.8. The lowest BCUT2D eigenvalue weighted by Gasteiger charge is -2.16. The van der Waals surface area contributed by atoms with Crippen LogP contribution in [0.25, 0.3) is 0 Å². The second kappa shape index (κ2) is 7.90. The van der Waals surface area contributed by atoms with E-state index in [2.05, 4.69) is 0 Å². The van der Waals surface area contributed by atoms with Crippen LogP contribution in [0.15, 0.2) is 0 Å². The fourth-order valence-electron chi connectivity index (χ4n) is 2.36. The predicted octanol–water partition coefficient (Wildman–Crippen LogP) is 3.85. The van der Waals surface area contributed by atoms with Gasteiger partial charge in [0, 0.05) is 6.42 Å². The molecule has 3 heteroatoms. The highest BCUT2D eigenvalue weighted by atomic mass is 16.7. The summed E-state index contributed by atoms with van der Waals surface area (Å²) in [5, 5.41) is 0. The van der Waals surface area contributed by atoms with Gasteiger partial charge in [-0.2, -0.15) is 0 Å². The van der Waals surface area contributed by atoms with E-state index in [0.717, 1.165) is 25.9 Å². The molecule has 0 spiro atoms. The van der Waals surface area contributed by atoms with Crippen molar-refractivity contribution in [2.24, 2.45) is 0 Å². The van der Waals surface area contributed by atoms with Crippen LogP contribution in [-0.4, -0.2) is 24.3 Å². The minimum Gasteiger partial charge on any atom is -0.348 e. The number of ketones is 1. The number of carbonyl (C=O) groups excluding carboxylic acids is 1. The lowest BCUT2D eigenvalue weighted by atomic mass is 10.1. The molecule has 1 rings (SSSR count). The van der Waals surface area contributed by atoms with Crippen molar-refractivity contribution >= 4 is 5.78 Å². The van der Waals surface area contributed by atoms with Crippen LogP contribution in [0.1, 0.15) is 72.1 Å². The zero-order valence-corrected chi connectivity index (χ0v) is 12.2. The van der Waals surface area contributed by atoms with Crippen LogP contribution in [0.2, 0.25) is 0 Å². The first-order valence-electron chi connectivity index (χ1n) is 7.31. The Balaban J connectivity index is 1.86. The van der Waals surface area contributed by atoms with Gasteiger partial charge in [-0.05, 0) is 33.6 Å². The molecule has 0 saturated carbocycles. The average molecular weight is 256 g/mol. The standard InChI is InChI=1S/C15H28O3/c1-13(16)10-8-6-4-5-7-9-11-14-12-17-15(2,3)18-14/h14H,4-12H2,1-3H3. The Morgan fingerprint density at radius 3 is 2.28 bits per heavy atom. The molecule has 0 aromatic rings. The van der Waals surface area contributed by atoms with Gasteiger partial charge in [0.25, 0.3) is 0 Å². The zero-order chi connectivity index (χ0) is 13.4. The van der Waals surface area contributed by atoms with Crippen LogP contribution in [0.5, 0.6) is 0 Å². The molecule has 3 nitrogen and oxygen atoms in total. The number of Topliss-reactive ketones (excluding diaryl/α,β-unsaturated/α-hetero) is 1. The number of ether oxygens (including phenoxy) is 2. The number of hydrogen-bond acceptors (Lipinski definition) is 3. The van der Waals surface area contributed by atoms with Crippen molar-refractivity contribution < 1.29 is 14.3 Å². The Morgan fingerprint density at radius 2 is 1.72 bits per heavy atom. The largest absolute Gasteiger partial charge is 0.348 e. The summed E-state index contributed by atoms with van der Waals surface area (Å²) in [7, 11) is 0. The molecule has 1 saturated heterocycles. The van der Waals surface area contributed by atoms with Gasteiger partial charge >= 0.3 is 0 Å². The molecule has 0 aromatic heterocycles. The molecule has 1 unspecified atom stereocenters. The quantitative estimate of drug-likeness (QED) is 0.588. The van der Waals surface area contributed by atoms with Gasteiger partial charge in [0.2, 0.25) is 0 Å². The minimum atomic E-state index is -0.378. The third-order valence-corrected chi connectivity index (χ3v) is 3.37. The van der Waals surface area contributed by atoms with Gasteiger partial charge < -0.3 is 14.3 Å². The zero-order valence-electron chi connectivity index (χ0n) is 12.2. The highest BCUT2D eigenvalue weighted by molar-refractivity contribution is 5.75. The van der Waals surface area contributed by atoms with Gasteiger partial charge in [-0.15, -0.1) is 0 Å². The molecular formula is C15H28O3. The van der Waals surface area contributed by atoms with E-state index in [1.54, 1.807) is 6.92 Å². The first kappa shape index (κ1) is 15.6. The molecular weight excluding hydrogens is 228 g/mol. The van der Waals surface area contributed by atoms with Gasteiger partial charge in [0.1, 0.15) is 5.78 Å². The predicted molar refractivity (Wildman–Crippen MR) is 72.5 cm³/mol. The second-order valence-corrected chi connectivity index (χ2v) is 5.81. The highest BCUT2D eigenvalue weighted by Crippen LogP contribution is 2.25. The smallest absolute Gasteiger partial charge is 0.163 e. The third kappa shape index (κ3) is 7.12. The Morgan fingerprint density at radius 1 is 1.11 bits per heavy atom. The molecule has 0 amide bonds. The van der Waals surface area contributed by atoms with Crippen LogP contribution >= 0.6 is 0 Å². The Hall–Kier alpha value is -0.410. The second-order valence-electron chi connectivity index (χ2n) is 5.81. The lowest BCUT2D eigenvalue weighted by Crippen LogP contribution is -2.21. The van der Waals surface area contributed by atoms with Gasteiger partial charge in [0.05, 0.1) is 12.7 Å². The highest BCUT2D eigenvalue weighted by Gasteiger charge is 2.31. The third-order valence-electron chi connectivity index (χ3n) is 3.37. The van der Waals surface area contributed by atoms with E-state index in [1.807, 2.05) is 13.8 Å². The van der Waals surface area contributed by atoms with Crippen LogP contribution in [-0.2, 0) is 14.3 Å². The summed E-state index contributed by atoms with van der Waals surface area (Å²) in [6.45, 7) is 6.36. The van der Waals surface area contributed by atoms with Gasteiger partial charge in [-0.3, -0.25) is 0 Å². The van der Waals surface area contributed by atoms with Crippen molar-refractivity contribution in [2.45, 2.75) is 84.0 Å². The van der Waals surface area contributed by atoms with Crippen molar-refractivity contribution in [3.05, 3.63) is 0 Å². The van der Waals surface area contributed by atoms with Crippen molar-refractivity contribution in [2.75, 3.05) is 6.61 Å². The van der Waals surface area contributed by atoms with Crippen LogP contribution in [0, 0.1) is 0 Å². The average Bonchev–Trinajstić information content (AvgIpc) is 2.62. The van der Waals surface area contributed by atoms with Gasteiger partial charge in [-0.25, -0.2) is 0 Å². The number of carbonyl (C=O) groups is 1. The molecule has 0 N–H and O–H groups in total. The maximum absolute atomic E-state index is 10.8. The Labute approximate surface area is 111 Å². The fraction of sp³-hybridized carbons (Fsp3) is 0.933. The van der Waals surface area contributed by atoms with Crippen LogP contribution in [0.3, 0.4) is 0 Å². The van der Waals surface area contributed by atoms with E-state index in [4.69, 9.17) is 9.47 Å². The van der Waals surface area contributed by atoms with Crippen molar-refractivity contribution in [1.29, 1.82) is 0 Å². The molecule has 0 bridgehead atoms. The van der Waals surface area contributed by atoms with E-state index < -0.39 is 0 Å². The number of rotatable bonds is 9. The van der Waals surface area contributed by atoms with E-state index in [1.165, 1.54) is 32.1 Å². The Kier molecular flexibility index (Phi) is 6.87. The van der Waals surface area contributed by atoms with Crippen LogP contribution < -0.4 is 0 Å². The molecule has 18 heavy (non-hydrogen) atoms. The van der Waals surface area contributed by atoms with Crippen molar-refractivity contribution in [3.63, 3.8) is 0 Å². The molecule has 1 aliphatic rings. The molecule has 1 fully saturated rings. The molecule has 0 radical (unpaired) electrons. The number of unbranched alkanes of at least 4 members (excludes halogenated alkanes) is 5. The molecule has 1 heterocycles. The summed E-state index contributed by atoms with van der Waals surface area (Å²) in [6.07, 6.45) is 9.41. The molecule has 1 atom stereocenters. The summed E-state index contributed by atoms with van der Waals surface area (Å²) >= 11 is 0. The number of hydrogen-bond donors (Lipinski definition) is 0. The lowest BCUT2D eigenvalue weighted by molar-refractivity contribution is -0.139. The fourth-order valence-corrected chi connectivity index (χ4v) is 2.36. The summed E-state index contributed by atoms with van der Waals surface area (Å²) < 4.78 is 11.3. The molecule has 0 aliphatic carbocycles. The van der Waals surface area contributed by atoms with E-state index >= 15 is 0 Å².